The third-order valence-electron chi connectivity index (χ3n) is 3.59. The summed E-state index contributed by atoms with van der Waals surface area (Å²) in [5, 5.41) is 4.22. The van der Waals surface area contributed by atoms with Crippen LogP contribution >= 0.6 is 0 Å². The molecule has 2 aromatic rings. The molecule has 0 unspecified atom stereocenters. The van der Waals surface area contributed by atoms with Crippen LogP contribution in [0.15, 0.2) is 24.5 Å². The number of anilines is 1. The van der Waals surface area contributed by atoms with Crippen molar-refractivity contribution >= 4 is 13.8 Å². The maximum atomic E-state index is 14.3. The van der Waals surface area contributed by atoms with Crippen LogP contribution in [-0.4, -0.2) is 24.5 Å². The summed E-state index contributed by atoms with van der Waals surface area (Å²) in [6.45, 7) is 9.75. The van der Waals surface area contributed by atoms with Crippen molar-refractivity contribution in [2.24, 2.45) is 0 Å². The molecule has 4 nitrogen and oxygen atoms in total. The molecule has 1 aromatic heterocycles. The number of nitrogens with zero attached hydrogens (tertiary/aromatic N) is 2. The van der Waals surface area contributed by atoms with Crippen LogP contribution in [0.25, 0.3) is 11.1 Å². The zero-order chi connectivity index (χ0) is 16.3. The number of nitrogen functional groups attached to an aromatic ring is 1. The number of rotatable bonds is 6. The third-order valence-corrected chi connectivity index (χ3v) is 5.30. The molecule has 0 aliphatic rings. The van der Waals surface area contributed by atoms with E-state index < -0.39 is 8.07 Å². The molecule has 22 heavy (non-hydrogen) atoms. The molecule has 120 valence electrons. The van der Waals surface area contributed by atoms with E-state index in [9.17, 15) is 4.39 Å². The van der Waals surface area contributed by atoms with Gasteiger partial charge in [-0.2, -0.15) is 5.10 Å². The molecule has 0 bridgehead atoms. The molecule has 0 aliphatic heterocycles. The highest BCUT2D eigenvalue weighted by molar-refractivity contribution is 6.76. The maximum Gasteiger partial charge on any atom is 0.139 e. The van der Waals surface area contributed by atoms with E-state index in [0.717, 1.165) is 18.2 Å². The number of hydrogen-bond acceptors (Lipinski definition) is 3. The first-order valence-electron chi connectivity index (χ1n) is 7.43. The van der Waals surface area contributed by atoms with Gasteiger partial charge in [-0.3, -0.25) is 0 Å². The summed E-state index contributed by atoms with van der Waals surface area (Å²) < 4.78 is 21.6. The Hall–Kier alpha value is -1.66. The van der Waals surface area contributed by atoms with E-state index in [4.69, 9.17) is 10.5 Å². The largest absolute Gasteiger partial charge is 0.398 e. The Morgan fingerprint density at radius 3 is 2.73 bits per heavy atom. The molecule has 0 aliphatic carbocycles. The van der Waals surface area contributed by atoms with Crippen LogP contribution in [0.1, 0.15) is 5.56 Å². The fourth-order valence-electron chi connectivity index (χ4n) is 2.03. The van der Waals surface area contributed by atoms with Gasteiger partial charge in [-0.25, -0.2) is 9.07 Å². The molecule has 0 fully saturated rings. The van der Waals surface area contributed by atoms with Gasteiger partial charge in [0.2, 0.25) is 0 Å². The van der Waals surface area contributed by atoms with Gasteiger partial charge in [0.05, 0.1) is 6.20 Å². The van der Waals surface area contributed by atoms with Crippen LogP contribution < -0.4 is 5.73 Å². The molecule has 2 rings (SSSR count). The molecular formula is C16H24FN3OSi. The summed E-state index contributed by atoms with van der Waals surface area (Å²) >= 11 is 0. The Morgan fingerprint density at radius 1 is 1.32 bits per heavy atom. The minimum absolute atomic E-state index is 0.292. The van der Waals surface area contributed by atoms with Crippen LogP contribution in [0.5, 0.6) is 0 Å². The molecule has 1 heterocycles. The van der Waals surface area contributed by atoms with Crippen molar-refractivity contribution in [1.82, 2.24) is 9.78 Å². The number of hydrogen-bond donors (Lipinski definition) is 1. The lowest BCUT2D eigenvalue weighted by Crippen LogP contribution is -2.22. The second-order valence-corrected chi connectivity index (χ2v) is 12.4. The lowest BCUT2D eigenvalue weighted by atomic mass is 10.0. The quantitative estimate of drug-likeness (QED) is 0.499. The van der Waals surface area contributed by atoms with E-state index in [-0.39, 0.29) is 5.82 Å². The van der Waals surface area contributed by atoms with Crippen molar-refractivity contribution in [3.63, 3.8) is 0 Å². The standard InChI is InChI=1S/C16H24FN3OSi/c1-12-15(18)6-5-14(16(12)17)13-9-19-20(10-13)11-21-7-8-22(2,3)4/h5-6,9-10H,7-8,11,18H2,1-4H3. The van der Waals surface area contributed by atoms with Gasteiger partial charge in [0.1, 0.15) is 12.5 Å². The minimum atomic E-state index is -1.08. The first kappa shape index (κ1) is 16.7. The van der Waals surface area contributed by atoms with Gasteiger partial charge in [-0.05, 0) is 25.1 Å². The van der Waals surface area contributed by atoms with E-state index in [1.165, 1.54) is 0 Å². The van der Waals surface area contributed by atoms with Crippen LogP contribution in [-0.2, 0) is 11.5 Å². The monoisotopic (exact) mass is 321 g/mol. The van der Waals surface area contributed by atoms with E-state index in [1.54, 1.807) is 36.1 Å². The van der Waals surface area contributed by atoms with Gasteiger partial charge in [-0.15, -0.1) is 0 Å². The molecule has 0 saturated heterocycles. The van der Waals surface area contributed by atoms with Crippen molar-refractivity contribution in [2.75, 3.05) is 12.3 Å². The zero-order valence-electron chi connectivity index (χ0n) is 13.7. The lowest BCUT2D eigenvalue weighted by Gasteiger charge is -2.15. The van der Waals surface area contributed by atoms with Gasteiger partial charge in [-0.1, -0.05) is 19.6 Å². The number of benzene rings is 1. The summed E-state index contributed by atoms with van der Waals surface area (Å²) in [5.41, 5.74) is 7.89. The summed E-state index contributed by atoms with van der Waals surface area (Å²) in [6, 6.07) is 4.52. The highest BCUT2D eigenvalue weighted by Crippen LogP contribution is 2.27. The predicted octanol–water partition coefficient (Wildman–Crippen LogP) is 3.89. The molecule has 2 N–H and O–H groups in total. The normalized spacial score (nSPS) is 11.9. The average Bonchev–Trinajstić information content (AvgIpc) is 2.89. The number of ether oxygens (including phenoxy) is 1. The molecule has 1 aromatic carbocycles. The van der Waals surface area contributed by atoms with Crippen LogP contribution in [0, 0.1) is 12.7 Å². The van der Waals surface area contributed by atoms with Gasteiger partial charge < -0.3 is 10.5 Å². The second-order valence-electron chi connectivity index (χ2n) is 6.76. The Balaban J connectivity index is 2.02. The number of halogens is 1. The van der Waals surface area contributed by atoms with Gasteiger partial charge in [0.15, 0.2) is 0 Å². The van der Waals surface area contributed by atoms with Crippen LogP contribution in [0.3, 0.4) is 0 Å². The van der Waals surface area contributed by atoms with Crippen molar-refractivity contribution in [3.8, 4) is 11.1 Å². The van der Waals surface area contributed by atoms with Crippen molar-refractivity contribution < 1.29 is 9.13 Å². The second kappa shape index (κ2) is 6.62. The highest BCUT2D eigenvalue weighted by Gasteiger charge is 2.13. The first-order chi connectivity index (χ1) is 10.3. The fourth-order valence-corrected chi connectivity index (χ4v) is 2.79. The average molecular weight is 321 g/mol. The maximum absolute atomic E-state index is 14.3. The van der Waals surface area contributed by atoms with Gasteiger partial charge in [0.25, 0.3) is 0 Å². The van der Waals surface area contributed by atoms with Crippen molar-refractivity contribution in [1.29, 1.82) is 0 Å². The summed E-state index contributed by atoms with van der Waals surface area (Å²) in [4.78, 5) is 0. The minimum Gasteiger partial charge on any atom is -0.398 e. The Kier molecular flexibility index (Phi) is 5.03. The van der Waals surface area contributed by atoms with Crippen LogP contribution in [0.2, 0.25) is 25.7 Å². The smallest absolute Gasteiger partial charge is 0.139 e. The number of aromatic nitrogens is 2. The number of nitrogens with two attached hydrogens (primary N) is 1. The molecule has 0 amide bonds. The molecule has 0 spiro atoms. The first-order valence-corrected chi connectivity index (χ1v) is 11.1. The van der Waals surface area contributed by atoms with Crippen molar-refractivity contribution in [3.05, 3.63) is 35.9 Å². The molecule has 6 heteroatoms. The molecular weight excluding hydrogens is 297 g/mol. The fraction of sp³-hybridized carbons (Fsp3) is 0.438. The van der Waals surface area contributed by atoms with Gasteiger partial charge in [0, 0.05) is 43.3 Å². The molecule has 0 saturated carbocycles. The Morgan fingerprint density at radius 2 is 2.05 bits per heavy atom. The van der Waals surface area contributed by atoms with E-state index in [1.807, 2.05) is 0 Å². The van der Waals surface area contributed by atoms with E-state index >= 15 is 0 Å². The Labute approximate surface area is 132 Å². The SMILES string of the molecule is Cc1c(N)ccc(-c2cnn(COCC[Si](C)(C)C)c2)c1F. The lowest BCUT2D eigenvalue weighted by molar-refractivity contribution is 0.0786. The summed E-state index contributed by atoms with van der Waals surface area (Å²) in [6.07, 6.45) is 3.44. The summed E-state index contributed by atoms with van der Waals surface area (Å²) in [7, 11) is -1.08. The zero-order valence-corrected chi connectivity index (χ0v) is 14.7. The van der Waals surface area contributed by atoms with Crippen molar-refractivity contribution in [2.45, 2.75) is 39.3 Å². The van der Waals surface area contributed by atoms with Gasteiger partial charge >= 0.3 is 0 Å². The third kappa shape index (κ3) is 4.17. The topological polar surface area (TPSA) is 53.1 Å². The highest BCUT2D eigenvalue weighted by atomic mass is 28.3. The predicted molar refractivity (Wildman–Crippen MR) is 90.9 cm³/mol. The molecule has 0 atom stereocenters. The Bertz CT molecular complexity index is 649. The van der Waals surface area contributed by atoms with Crippen LogP contribution in [0.4, 0.5) is 10.1 Å². The van der Waals surface area contributed by atoms with E-state index in [0.29, 0.717) is 23.5 Å². The summed E-state index contributed by atoms with van der Waals surface area (Å²) in [5.74, 6) is -0.292. The van der Waals surface area contributed by atoms with E-state index in [2.05, 4.69) is 24.7 Å². The molecule has 0 radical (unpaired) electrons.